The number of carbonyl (C=O) groups is 3. The zero-order valence-corrected chi connectivity index (χ0v) is 31.1. The van der Waals surface area contributed by atoms with Crippen molar-refractivity contribution in [2.75, 3.05) is 64.3 Å². The van der Waals surface area contributed by atoms with Crippen molar-refractivity contribution in [1.29, 1.82) is 0 Å². The van der Waals surface area contributed by atoms with Crippen LogP contribution in [0.1, 0.15) is 85.1 Å². The van der Waals surface area contributed by atoms with E-state index < -0.39 is 0 Å². The number of aryl methyl sites for hydroxylation is 1. The quantitative estimate of drug-likeness (QED) is 0.137. The number of pyridine rings is 1. The summed E-state index contributed by atoms with van der Waals surface area (Å²) in [4.78, 5) is 55.4. The Labute approximate surface area is 312 Å². The number of rotatable bonds is 15. The van der Waals surface area contributed by atoms with Crippen molar-refractivity contribution in [3.8, 4) is 0 Å². The highest BCUT2D eigenvalue weighted by molar-refractivity contribution is 6.07. The average Bonchev–Trinajstić information content (AvgIpc) is 3.54. The summed E-state index contributed by atoms with van der Waals surface area (Å²) in [5.41, 5.74) is 6.86. The lowest BCUT2D eigenvalue weighted by atomic mass is 9.85. The Morgan fingerprint density at radius 3 is 2.58 bits per heavy atom. The number of piperazine rings is 1. The third kappa shape index (κ3) is 8.55. The third-order valence-electron chi connectivity index (χ3n) is 11.3. The molecule has 0 radical (unpaired) electrons. The summed E-state index contributed by atoms with van der Waals surface area (Å²) in [6.45, 7) is 7.25. The fourth-order valence-electron chi connectivity index (χ4n) is 8.16. The number of aliphatic hydroxyl groups is 1. The molecule has 3 aliphatic heterocycles. The van der Waals surface area contributed by atoms with Crippen LogP contribution in [0.5, 0.6) is 0 Å². The second kappa shape index (κ2) is 17.2. The van der Waals surface area contributed by atoms with Gasteiger partial charge in [-0.15, -0.1) is 0 Å². The fourth-order valence-corrected chi connectivity index (χ4v) is 8.16. The van der Waals surface area contributed by atoms with E-state index in [1.165, 1.54) is 16.2 Å². The number of likely N-dealkylation sites (N-methyl/N-ethyl adjacent to an activating group) is 1. The largest absolute Gasteiger partial charge is 0.390 e. The van der Waals surface area contributed by atoms with Crippen LogP contribution in [-0.4, -0.2) is 118 Å². The summed E-state index contributed by atoms with van der Waals surface area (Å²) in [5, 5.41) is 13.9. The number of nitrogens with one attached hydrogen (secondary N) is 1. The minimum Gasteiger partial charge on any atom is -0.390 e. The van der Waals surface area contributed by atoms with E-state index in [-0.39, 0.29) is 30.4 Å². The van der Waals surface area contributed by atoms with Crippen molar-refractivity contribution in [2.24, 2.45) is 4.99 Å². The maximum absolute atomic E-state index is 12.7. The number of likely N-dealkylation sites (tertiary alicyclic amines) is 1. The molecule has 1 aromatic carbocycles. The van der Waals surface area contributed by atoms with Crippen LogP contribution < -0.4 is 10.2 Å². The lowest BCUT2D eigenvalue weighted by molar-refractivity contribution is -0.136. The predicted molar refractivity (Wildman–Crippen MR) is 206 cm³/mol. The van der Waals surface area contributed by atoms with Gasteiger partial charge in [0, 0.05) is 70.8 Å². The molecule has 5 heterocycles. The van der Waals surface area contributed by atoms with Gasteiger partial charge >= 0.3 is 0 Å². The SMILES string of the molecule is CN1CCN(c2cccc3nc(CN(CCCCNC(=O)CCCc4ccc(C(=O)N5CCC5=O)cc4)[C@H]4CCCC5=CCCN=C54)c(CO)n23)CC1. The van der Waals surface area contributed by atoms with Crippen LogP contribution in [0.3, 0.4) is 0 Å². The Bertz CT molecular complexity index is 1840. The number of β-lactam (4-membered cyclic amide) rings is 1. The molecule has 1 atom stereocenters. The number of benzene rings is 1. The number of aliphatic imine (C=N–C) groups is 1. The number of anilines is 1. The van der Waals surface area contributed by atoms with Gasteiger partial charge < -0.3 is 20.2 Å². The molecule has 0 bridgehead atoms. The lowest BCUT2D eigenvalue weighted by Gasteiger charge is -2.37. The maximum Gasteiger partial charge on any atom is 0.260 e. The summed E-state index contributed by atoms with van der Waals surface area (Å²) < 4.78 is 2.16. The van der Waals surface area contributed by atoms with E-state index in [1.807, 2.05) is 18.2 Å². The Kier molecular flexibility index (Phi) is 12.0. The van der Waals surface area contributed by atoms with Crippen molar-refractivity contribution < 1.29 is 19.5 Å². The Morgan fingerprint density at radius 2 is 1.83 bits per heavy atom. The summed E-state index contributed by atoms with van der Waals surface area (Å²) in [6.07, 6.45) is 10.8. The molecule has 0 unspecified atom stereocenters. The van der Waals surface area contributed by atoms with Crippen molar-refractivity contribution in [2.45, 2.75) is 83.4 Å². The molecule has 2 aromatic heterocycles. The number of fused-ring (bicyclic) bond motifs is 2. The van der Waals surface area contributed by atoms with E-state index in [2.05, 4.69) is 49.7 Å². The van der Waals surface area contributed by atoms with Gasteiger partial charge in [-0.3, -0.25) is 33.6 Å². The molecular formula is C41H54N8O4. The number of nitrogens with zero attached hydrogens (tertiary/aromatic N) is 7. The molecule has 1 aliphatic carbocycles. The number of carbonyl (C=O) groups excluding carboxylic acids is 3. The zero-order valence-electron chi connectivity index (χ0n) is 31.1. The van der Waals surface area contributed by atoms with E-state index in [0.29, 0.717) is 38.0 Å². The number of amides is 3. The van der Waals surface area contributed by atoms with Crippen LogP contribution in [0.2, 0.25) is 0 Å². The normalized spacial score (nSPS) is 19.2. The van der Waals surface area contributed by atoms with Gasteiger partial charge in [0.05, 0.1) is 29.7 Å². The van der Waals surface area contributed by atoms with Crippen LogP contribution in [-0.2, 0) is 29.2 Å². The second-order valence-corrected chi connectivity index (χ2v) is 14.9. The summed E-state index contributed by atoms with van der Waals surface area (Å²) in [7, 11) is 2.16. The van der Waals surface area contributed by atoms with E-state index in [1.54, 1.807) is 12.1 Å². The molecule has 3 fully saturated rings. The third-order valence-corrected chi connectivity index (χ3v) is 11.3. The number of aliphatic hydroxyl groups excluding tert-OH is 1. The van der Waals surface area contributed by atoms with E-state index in [9.17, 15) is 19.5 Å². The standard InChI is InChI=1S/C41H54N8O4/c1-45-24-26-46(27-25-45)38-14-6-12-36-44-33(35(29-50)49(36)38)28-47(34-11-5-9-31-10-7-21-43-40(31)34)22-3-2-20-42-37(51)13-4-8-30-15-17-32(18-16-30)41(53)48-23-19-39(48)52/h6,10,12,14-18,34,50H,2-5,7-9,11,13,19-29H2,1H3,(H,42,51)/t34-/m0/s1. The Balaban J connectivity index is 0.944. The summed E-state index contributed by atoms with van der Waals surface area (Å²) in [6, 6.07) is 13.8. The van der Waals surface area contributed by atoms with Gasteiger partial charge in [0.15, 0.2) is 0 Å². The molecule has 4 aliphatic rings. The number of imidazole rings is 1. The Morgan fingerprint density at radius 1 is 1.00 bits per heavy atom. The Hall–Kier alpha value is -4.39. The smallest absolute Gasteiger partial charge is 0.260 e. The number of imide groups is 1. The van der Waals surface area contributed by atoms with Crippen molar-refractivity contribution in [3.63, 3.8) is 0 Å². The highest BCUT2D eigenvalue weighted by Gasteiger charge is 2.32. The van der Waals surface area contributed by atoms with E-state index in [0.717, 1.165) is 119 Å². The molecule has 282 valence electrons. The van der Waals surface area contributed by atoms with Gasteiger partial charge in [-0.2, -0.15) is 0 Å². The van der Waals surface area contributed by atoms with Gasteiger partial charge in [-0.25, -0.2) is 4.98 Å². The molecule has 12 heteroatoms. The topological polar surface area (TPSA) is 126 Å². The number of dihydropyridines is 1. The molecule has 2 saturated heterocycles. The number of hydrogen-bond donors (Lipinski definition) is 2. The van der Waals surface area contributed by atoms with Crippen molar-refractivity contribution >= 4 is 34.9 Å². The molecule has 53 heavy (non-hydrogen) atoms. The minimum absolute atomic E-state index is 0.0528. The zero-order chi connectivity index (χ0) is 36.7. The number of unbranched alkanes of at least 4 members (excludes halogenated alkanes) is 1. The molecule has 12 nitrogen and oxygen atoms in total. The van der Waals surface area contributed by atoms with Crippen LogP contribution >= 0.6 is 0 Å². The van der Waals surface area contributed by atoms with Crippen molar-refractivity contribution in [3.05, 3.63) is 76.6 Å². The first-order valence-electron chi connectivity index (χ1n) is 19.6. The average molecular weight is 723 g/mol. The first kappa shape index (κ1) is 36.9. The predicted octanol–water partition coefficient (Wildman–Crippen LogP) is 4.00. The van der Waals surface area contributed by atoms with E-state index in [4.69, 9.17) is 9.98 Å². The van der Waals surface area contributed by atoms with Gasteiger partial charge in [-0.05, 0) is 100 Å². The minimum atomic E-state index is -0.237. The first-order chi connectivity index (χ1) is 25.9. The first-order valence-corrected chi connectivity index (χ1v) is 19.6. The van der Waals surface area contributed by atoms with Crippen LogP contribution in [0.4, 0.5) is 5.82 Å². The van der Waals surface area contributed by atoms with Crippen LogP contribution in [0, 0.1) is 0 Å². The summed E-state index contributed by atoms with van der Waals surface area (Å²) >= 11 is 0. The van der Waals surface area contributed by atoms with Gasteiger partial charge in [-0.1, -0.05) is 24.3 Å². The van der Waals surface area contributed by atoms with Gasteiger partial charge in [0.25, 0.3) is 5.91 Å². The molecule has 7 rings (SSSR count). The molecule has 3 aromatic rings. The van der Waals surface area contributed by atoms with Crippen LogP contribution in [0.25, 0.3) is 5.65 Å². The molecular weight excluding hydrogens is 669 g/mol. The highest BCUT2D eigenvalue weighted by Crippen LogP contribution is 2.31. The molecule has 1 saturated carbocycles. The fraction of sp³-hybridized carbons (Fsp3) is 0.537. The maximum atomic E-state index is 12.7. The van der Waals surface area contributed by atoms with Crippen molar-refractivity contribution in [1.82, 2.24) is 29.4 Å². The molecule has 2 N–H and O–H groups in total. The monoisotopic (exact) mass is 722 g/mol. The van der Waals surface area contributed by atoms with Gasteiger partial charge in [0.1, 0.15) is 11.5 Å². The van der Waals surface area contributed by atoms with Crippen LogP contribution in [0.15, 0.2) is 59.1 Å². The molecule has 3 amide bonds. The number of aromatic nitrogens is 2. The lowest BCUT2D eigenvalue weighted by Crippen LogP contribution is -2.47. The summed E-state index contributed by atoms with van der Waals surface area (Å²) in [5.74, 6) is 0.786. The van der Waals surface area contributed by atoms with E-state index >= 15 is 0 Å². The highest BCUT2D eigenvalue weighted by atomic mass is 16.3. The second-order valence-electron chi connectivity index (χ2n) is 14.9. The van der Waals surface area contributed by atoms with Gasteiger partial charge in [0.2, 0.25) is 11.8 Å². The molecule has 0 spiro atoms. The number of hydrogen-bond acceptors (Lipinski definition) is 9.